The van der Waals surface area contributed by atoms with Crippen LogP contribution < -0.4 is 5.32 Å². The lowest BCUT2D eigenvalue weighted by Crippen LogP contribution is -2.36. The summed E-state index contributed by atoms with van der Waals surface area (Å²) in [7, 11) is 0. The van der Waals surface area contributed by atoms with Crippen LogP contribution in [0.5, 0.6) is 0 Å². The zero-order valence-corrected chi connectivity index (χ0v) is 14.0. The molecule has 0 saturated heterocycles. The van der Waals surface area contributed by atoms with Gasteiger partial charge in [-0.15, -0.1) is 0 Å². The lowest BCUT2D eigenvalue weighted by molar-refractivity contribution is -0.125. The first-order chi connectivity index (χ1) is 11.0. The molecule has 0 fully saturated rings. The van der Waals surface area contributed by atoms with Crippen LogP contribution in [0.15, 0.2) is 18.6 Å². The van der Waals surface area contributed by atoms with Crippen LogP contribution in [0.3, 0.4) is 0 Å². The minimum atomic E-state index is -0.192. The number of aromatic nitrogens is 4. The van der Waals surface area contributed by atoms with Crippen molar-refractivity contribution in [3.05, 3.63) is 40.7 Å². The fourth-order valence-electron chi connectivity index (χ4n) is 2.91. The summed E-state index contributed by atoms with van der Waals surface area (Å²) in [5, 5.41) is 7.82. The third kappa shape index (κ3) is 3.69. The summed E-state index contributed by atoms with van der Waals surface area (Å²) in [6.07, 6.45) is 8.04. The summed E-state index contributed by atoms with van der Waals surface area (Å²) in [6, 6.07) is -0.00416. The fourth-order valence-corrected chi connectivity index (χ4v) is 3.07. The minimum Gasteiger partial charge on any atom is -0.349 e. The Morgan fingerprint density at radius 1 is 1.52 bits per heavy atom. The van der Waals surface area contributed by atoms with Gasteiger partial charge >= 0.3 is 0 Å². The zero-order chi connectivity index (χ0) is 16.4. The number of halogens is 1. The van der Waals surface area contributed by atoms with Crippen LogP contribution in [0.4, 0.5) is 0 Å². The van der Waals surface area contributed by atoms with E-state index in [9.17, 15) is 4.79 Å². The molecule has 1 aliphatic rings. The van der Waals surface area contributed by atoms with Crippen molar-refractivity contribution in [2.75, 3.05) is 0 Å². The number of amides is 1. The van der Waals surface area contributed by atoms with Crippen LogP contribution in [-0.4, -0.2) is 25.7 Å². The number of hydrogen-bond donors (Lipinski definition) is 1. The van der Waals surface area contributed by atoms with Crippen molar-refractivity contribution in [2.45, 2.75) is 45.7 Å². The number of rotatable bonds is 4. The van der Waals surface area contributed by atoms with Crippen LogP contribution in [0.25, 0.3) is 0 Å². The maximum atomic E-state index is 12.5. The molecular weight excluding hydrogens is 314 g/mol. The summed E-state index contributed by atoms with van der Waals surface area (Å²) in [4.78, 5) is 21.2. The molecule has 2 aromatic heterocycles. The first kappa shape index (κ1) is 15.9. The minimum absolute atomic E-state index is 0.00416. The second-order valence-corrected chi connectivity index (χ2v) is 6.49. The summed E-state index contributed by atoms with van der Waals surface area (Å²) in [6.45, 7) is 4.28. The van der Waals surface area contributed by atoms with Crippen molar-refractivity contribution in [3.8, 4) is 0 Å². The smallest absolute Gasteiger partial charge is 0.225 e. The van der Waals surface area contributed by atoms with Crippen molar-refractivity contribution in [2.24, 2.45) is 5.92 Å². The van der Waals surface area contributed by atoms with Crippen molar-refractivity contribution in [1.29, 1.82) is 0 Å². The molecule has 0 spiro atoms. The average molecular weight is 334 g/mol. The Hall–Kier alpha value is -1.95. The molecule has 122 valence electrons. The Bertz CT molecular complexity index is 714. The molecule has 0 saturated carbocycles. The zero-order valence-electron chi connectivity index (χ0n) is 13.3. The first-order valence-corrected chi connectivity index (χ1v) is 8.21. The predicted octanol–water partition coefficient (Wildman–Crippen LogP) is 2.46. The van der Waals surface area contributed by atoms with Gasteiger partial charge in [-0.05, 0) is 26.2 Å². The fraction of sp³-hybridized carbons (Fsp3) is 0.500. The molecule has 6 nitrogen and oxygen atoms in total. The maximum Gasteiger partial charge on any atom is 0.225 e. The summed E-state index contributed by atoms with van der Waals surface area (Å²) in [5.74, 6) is 0.595. The van der Waals surface area contributed by atoms with E-state index in [1.807, 2.05) is 20.0 Å². The average Bonchev–Trinajstić information content (AvgIpc) is 2.92. The molecule has 3 rings (SSSR count). The Morgan fingerprint density at radius 3 is 3.09 bits per heavy atom. The summed E-state index contributed by atoms with van der Waals surface area (Å²) in [5.41, 5.74) is 2.10. The number of carbonyl (C=O) groups is 1. The molecular formula is C16H20ClN5O. The van der Waals surface area contributed by atoms with E-state index in [2.05, 4.69) is 20.4 Å². The van der Waals surface area contributed by atoms with Crippen molar-refractivity contribution >= 4 is 17.5 Å². The molecule has 0 aromatic carbocycles. The van der Waals surface area contributed by atoms with E-state index in [1.54, 1.807) is 17.1 Å². The maximum absolute atomic E-state index is 12.5. The highest BCUT2D eigenvalue weighted by atomic mass is 35.5. The van der Waals surface area contributed by atoms with Gasteiger partial charge in [-0.1, -0.05) is 18.5 Å². The van der Waals surface area contributed by atoms with Gasteiger partial charge in [0, 0.05) is 23.7 Å². The quantitative estimate of drug-likeness (QED) is 0.932. The number of hydrogen-bond acceptors (Lipinski definition) is 4. The highest BCUT2D eigenvalue weighted by Gasteiger charge is 2.25. The van der Waals surface area contributed by atoms with Crippen molar-refractivity contribution in [1.82, 2.24) is 25.1 Å². The van der Waals surface area contributed by atoms with E-state index in [4.69, 9.17) is 11.6 Å². The first-order valence-electron chi connectivity index (χ1n) is 7.83. The van der Waals surface area contributed by atoms with E-state index >= 15 is 0 Å². The van der Waals surface area contributed by atoms with Gasteiger partial charge in [-0.2, -0.15) is 5.10 Å². The van der Waals surface area contributed by atoms with E-state index in [1.165, 1.54) is 0 Å². The van der Waals surface area contributed by atoms with Gasteiger partial charge in [0.2, 0.25) is 5.91 Å². The van der Waals surface area contributed by atoms with Crippen LogP contribution in [0.2, 0.25) is 5.02 Å². The van der Waals surface area contributed by atoms with E-state index in [0.29, 0.717) is 11.6 Å². The molecule has 23 heavy (non-hydrogen) atoms. The van der Waals surface area contributed by atoms with Gasteiger partial charge in [0.05, 0.1) is 29.7 Å². The molecule has 2 aromatic rings. The van der Waals surface area contributed by atoms with Gasteiger partial charge in [0.1, 0.15) is 5.82 Å². The number of nitrogens with one attached hydrogen (secondary N) is 1. The molecule has 0 bridgehead atoms. The Morgan fingerprint density at radius 2 is 2.35 bits per heavy atom. The van der Waals surface area contributed by atoms with Gasteiger partial charge in [-0.25, -0.2) is 9.97 Å². The largest absolute Gasteiger partial charge is 0.349 e. The lowest BCUT2D eigenvalue weighted by atomic mass is 9.92. The predicted molar refractivity (Wildman–Crippen MR) is 87.0 cm³/mol. The summed E-state index contributed by atoms with van der Waals surface area (Å²) >= 11 is 5.85. The number of carbonyl (C=O) groups excluding carboxylic acids is 1. The normalized spacial score (nSPS) is 18.3. The standard InChI is InChI=1S/C16H20ClN5O/c1-10(8-22-9-12(17)6-19-22)16(23)21-15-5-3-4-14-13(15)7-18-11(2)20-14/h6-7,9-10,15H,3-5,8H2,1-2H3,(H,21,23)/t10-,15-/m1/s1. The van der Waals surface area contributed by atoms with Gasteiger partial charge in [-0.3, -0.25) is 9.48 Å². The molecule has 1 N–H and O–H groups in total. The lowest BCUT2D eigenvalue weighted by Gasteiger charge is -2.26. The Labute approximate surface area is 140 Å². The van der Waals surface area contributed by atoms with Gasteiger partial charge in [0.25, 0.3) is 0 Å². The van der Waals surface area contributed by atoms with E-state index < -0.39 is 0 Å². The van der Waals surface area contributed by atoms with E-state index in [-0.39, 0.29) is 17.9 Å². The molecule has 2 atom stereocenters. The number of fused-ring (bicyclic) bond motifs is 1. The van der Waals surface area contributed by atoms with Gasteiger partial charge in [0.15, 0.2) is 0 Å². The third-order valence-corrected chi connectivity index (χ3v) is 4.32. The second-order valence-electron chi connectivity index (χ2n) is 6.05. The van der Waals surface area contributed by atoms with Crippen LogP contribution in [0, 0.1) is 12.8 Å². The van der Waals surface area contributed by atoms with Gasteiger partial charge < -0.3 is 5.32 Å². The topological polar surface area (TPSA) is 72.7 Å². The molecule has 7 heteroatoms. The Kier molecular flexibility index (Phi) is 4.61. The SMILES string of the molecule is Cc1ncc2c(n1)CCC[C@H]2NC(=O)[C@H](C)Cn1cc(Cl)cn1. The van der Waals surface area contributed by atoms with Crippen molar-refractivity contribution in [3.63, 3.8) is 0 Å². The number of nitrogens with zero attached hydrogens (tertiary/aromatic N) is 4. The molecule has 1 aliphatic carbocycles. The van der Waals surface area contributed by atoms with E-state index in [0.717, 1.165) is 36.3 Å². The molecule has 1 amide bonds. The molecule has 2 heterocycles. The number of aryl methyl sites for hydroxylation is 2. The third-order valence-electron chi connectivity index (χ3n) is 4.13. The monoisotopic (exact) mass is 333 g/mol. The molecule has 0 aliphatic heterocycles. The van der Waals surface area contributed by atoms with Crippen LogP contribution in [-0.2, 0) is 17.8 Å². The van der Waals surface area contributed by atoms with Crippen LogP contribution in [0.1, 0.15) is 42.9 Å². The Balaban J connectivity index is 1.66. The molecule has 0 radical (unpaired) electrons. The van der Waals surface area contributed by atoms with Crippen LogP contribution >= 0.6 is 11.6 Å². The molecule has 0 unspecified atom stereocenters. The highest BCUT2D eigenvalue weighted by Crippen LogP contribution is 2.28. The summed E-state index contributed by atoms with van der Waals surface area (Å²) < 4.78 is 1.69. The highest BCUT2D eigenvalue weighted by molar-refractivity contribution is 6.30. The second kappa shape index (κ2) is 6.66. The van der Waals surface area contributed by atoms with Crippen molar-refractivity contribution < 1.29 is 4.79 Å².